The molecule has 5 rings (SSSR count). The van der Waals surface area contributed by atoms with Crippen LogP contribution in [0.25, 0.3) is 0 Å². The van der Waals surface area contributed by atoms with E-state index in [0.29, 0.717) is 6.04 Å². The second-order valence-electron chi connectivity index (χ2n) is 9.29. The van der Waals surface area contributed by atoms with Crippen LogP contribution in [0, 0.1) is 6.92 Å². The fourth-order valence-electron chi connectivity index (χ4n) is 4.95. The molecule has 0 saturated carbocycles. The van der Waals surface area contributed by atoms with Crippen LogP contribution in [0.4, 0.5) is 0 Å². The Hall–Kier alpha value is -3.31. The number of hydrogen-bond acceptors (Lipinski definition) is 5. The first kappa shape index (κ1) is 22.5. The molecule has 0 aromatic heterocycles. The van der Waals surface area contributed by atoms with Crippen LogP contribution in [0.2, 0.25) is 0 Å². The molecule has 3 aromatic rings. The van der Waals surface area contributed by atoms with Gasteiger partial charge in [0, 0.05) is 36.8 Å². The molecule has 1 fully saturated rings. The van der Waals surface area contributed by atoms with Crippen LogP contribution in [-0.2, 0) is 13.1 Å². The Labute approximate surface area is 202 Å². The van der Waals surface area contributed by atoms with Crippen LogP contribution in [0.1, 0.15) is 40.7 Å². The summed E-state index contributed by atoms with van der Waals surface area (Å²) in [6.45, 7) is 6.16. The molecule has 1 saturated heterocycles. The third-order valence-corrected chi connectivity index (χ3v) is 7.00. The third kappa shape index (κ3) is 4.80. The first-order valence-corrected chi connectivity index (χ1v) is 12.1. The highest BCUT2D eigenvalue weighted by Crippen LogP contribution is 2.30. The molecule has 2 aliphatic heterocycles. The molecule has 2 aliphatic rings. The van der Waals surface area contributed by atoms with Gasteiger partial charge in [-0.1, -0.05) is 29.8 Å². The van der Waals surface area contributed by atoms with E-state index in [4.69, 9.17) is 14.6 Å². The Morgan fingerprint density at radius 1 is 0.853 bits per heavy atom. The van der Waals surface area contributed by atoms with Gasteiger partial charge in [-0.3, -0.25) is 9.91 Å². The Morgan fingerprint density at radius 3 is 2.21 bits per heavy atom. The van der Waals surface area contributed by atoms with Crippen molar-refractivity contribution in [2.24, 2.45) is 5.10 Å². The Bertz CT molecular complexity index is 1150. The van der Waals surface area contributed by atoms with E-state index in [1.165, 1.54) is 22.3 Å². The van der Waals surface area contributed by atoms with Crippen molar-refractivity contribution in [1.82, 2.24) is 9.91 Å². The maximum Gasteiger partial charge on any atom is 0.119 e. The lowest BCUT2D eigenvalue weighted by Crippen LogP contribution is -2.44. The van der Waals surface area contributed by atoms with E-state index >= 15 is 0 Å². The van der Waals surface area contributed by atoms with E-state index in [9.17, 15) is 0 Å². The van der Waals surface area contributed by atoms with Crippen molar-refractivity contribution in [2.45, 2.75) is 38.9 Å². The molecule has 34 heavy (non-hydrogen) atoms. The van der Waals surface area contributed by atoms with Gasteiger partial charge in [0.2, 0.25) is 0 Å². The molecular weight excluding hydrogens is 422 g/mol. The molecule has 3 aromatic carbocycles. The number of benzene rings is 3. The van der Waals surface area contributed by atoms with E-state index in [1.807, 2.05) is 18.2 Å². The zero-order valence-corrected chi connectivity index (χ0v) is 20.3. The number of rotatable bonds is 6. The largest absolute Gasteiger partial charge is 0.497 e. The highest BCUT2D eigenvalue weighted by Gasteiger charge is 2.29. The first-order valence-electron chi connectivity index (χ1n) is 12.1. The van der Waals surface area contributed by atoms with E-state index in [-0.39, 0.29) is 0 Å². The average molecular weight is 456 g/mol. The number of nitrogens with zero attached hydrogens (tertiary/aromatic N) is 3. The summed E-state index contributed by atoms with van der Waals surface area (Å²) in [5.41, 5.74) is 7.28. The lowest BCUT2D eigenvalue weighted by Gasteiger charge is -2.39. The van der Waals surface area contributed by atoms with Gasteiger partial charge in [-0.25, -0.2) is 0 Å². The number of fused-ring (bicyclic) bond motifs is 1. The van der Waals surface area contributed by atoms with Crippen molar-refractivity contribution in [3.8, 4) is 11.5 Å². The van der Waals surface area contributed by atoms with E-state index < -0.39 is 0 Å². The van der Waals surface area contributed by atoms with Crippen LogP contribution < -0.4 is 9.47 Å². The molecule has 0 radical (unpaired) electrons. The Kier molecular flexibility index (Phi) is 6.54. The highest BCUT2D eigenvalue weighted by molar-refractivity contribution is 6.14. The molecule has 176 valence electrons. The molecule has 0 aliphatic carbocycles. The SMILES string of the molecule is COc1ccc(C2=NN(C3CCN(Cc4ccc(C)cc4)CC3)Cc3cc(OC)ccc32)cc1. The monoisotopic (exact) mass is 455 g/mol. The van der Waals surface area contributed by atoms with Gasteiger partial charge in [-0.15, -0.1) is 0 Å². The number of methoxy groups -OCH3 is 2. The predicted molar refractivity (Wildman–Crippen MR) is 137 cm³/mol. The van der Waals surface area contributed by atoms with Crippen molar-refractivity contribution in [3.05, 3.63) is 94.5 Å². The van der Waals surface area contributed by atoms with Crippen molar-refractivity contribution in [1.29, 1.82) is 0 Å². The van der Waals surface area contributed by atoms with Gasteiger partial charge in [0.05, 0.1) is 26.5 Å². The number of aryl methyl sites for hydroxylation is 1. The van der Waals surface area contributed by atoms with E-state index in [0.717, 1.165) is 61.8 Å². The lowest BCUT2D eigenvalue weighted by molar-refractivity contribution is 0.100. The minimum Gasteiger partial charge on any atom is -0.497 e. The van der Waals surface area contributed by atoms with Crippen molar-refractivity contribution in [2.75, 3.05) is 27.3 Å². The van der Waals surface area contributed by atoms with Crippen LogP contribution in [-0.4, -0.2) is 49.0 Å². The Balaban J connectivity index is 1.35. The fraction of sp³-hybridized carbons (Fsp3) is 0.345. The first-order chi connectivity index (χ1) is 16.6. The van der Waals surface area contributed by atoms with Gasteiger partial charge in [0.15, 0.2) is 0 Å². The van der Waals surface area contributed by atoms with Gasteiger partial charge in [-0.2, -0.15) is 5.10 Å². The molecule has 0 bridgehead atoms. The highest BCUT2D eigenvalue weighted by atomic mass is 16.5. The maximum absolute atomic E-state index is 5.53. The van der Waals surface area contributed by atoms with Crippen LogP contribution in [0.15, 0.2) is 71.8 Å². The van der Waals surface area contributed by atoms with Crippen LogP contribution in [0.3, 0.4) is 0 Å². The molecule has 0 N–H and O–H groups in total. The van der Waals surface area contributed by atoms with Crippen LogP contribution in [0.5, 0.6) is 11.5 Å². The van der Waals surface area contributed by atoms with Gasteiger partial charge in [0.1, 0.15) is 11.5 Å². The van der Waals surface area contributed by atoms with E-state index in [1.54, 1.807) is 14.2 Å². The summed E-state index contributed by atoms with van der Waals surface area (Å²) < 4.78 is 10.9. The molecule has 0 atom stereocenters. The van der Waals surface area contributed by atoms with Gasteiger partial charge >= 0.3 is 0 Å². The minimum atomic E-state index is 0.432. The van der Waals surface area contributed by atoms with Gasteiger partial charge in [0.25, 0.3) is 0 Å². The molecule has 5 nitrogen and oxygen atoms in total. The summed E-state index contributed by atoms with van der Waals surface area (Å²) in [4.78, 5) is 2.57. The Morgan fingerprint density at radius 2 is 1.53 bits per heavy atom. The van der Waals surface area contributed by atoms with Crippen molar-refractivity contribution < 1.29 is 9.47 Å². The van der Waals surface area contributed by atoms with Gasteiger partial charge < -0.3 is 9.47 Å². The predicted octanol–water partition coefficient (Wildman–Crippen LogP) is 5.24. The summed E-state index contributed by atoms with van der Waals surface area (Å²) in [5, 5.41) is 7.51. The second-order valence-corrected chi connectivity index (χ2v) is 9.29. The molecular formula is C29H33N3O2. The number of hydrogen-bond donors (Lipinski definition) is 0. The summed E-state index contributed by atoms with van der Waals surface area (Å²) in [6, 6.07) is 23.9. The fourth-order valence-corrected chi connectivity index (χ4v) is 4.95. The normalized spacial score (nSPS) is 16.7. The third-order valence-electron chi connectivity index (χ3n) is 7.00. The zero-order valence-electron chi connectivity index (χ0n) is 20.3. The molecule has 2 heterocycles. The summed E-state index contributed by atoms with van der Waals surface area (Å²) in [5.74, 6) is 1.75. The number of hydrazone groups is 1. The lowest BCUT2D eigenvalue weighted by atomic mass is 9.94. The average Bonchev–Trinajstić information content (AvgIpc) is 2.89. The molecule has 0 unspecified atom stereocenters. The molecule has 0 amide bonds. The standard InChI is InChI=1S/C29H33N3O2/c1-21-4-6-22(7-5-21)19-31-16-14-25(15-17-31)32-20-24-18-27(34-3)12-13-28(24)29(30-32)23-8-10-26(33-2)11-9-23/h4-13,18,25H,14-17,19-20H2,1-3H3. The summed E-state index contributed by atoms with van der Waals surface area (Å²) >= 11 is 0. The smallest absolute Gasteiger partial charge is 0.119 e. The molecule has 5 heteroatoms. The maximum atomic E-state index is 5.53. The zero-order chi connectivity index (χ0) is 23.5. The van der Waals surface area contributed by atoms with E-state index in [2.05, 4.69) is 65.4 Å². The quantitative estimate of drug-likeness (QED) is 0.509. The molecule has 0 spiro atoms. The number of likely N-dealkylation sites (tertiary alicyclic amines) is 1. The van der Waals surface area contributed by atoms with Gasteiger partial charge in [-0.05, 0) is 73.4 Å². The summed E-state index contributed by atoms with van der Waals surface area (Å²) in [6.07, 6.45) is 2.23. The topological polar surface area (TPSA) is 37.3 Å². The van der Waals surface area contributed by atoms with Crippen molar-refractivity contribution >= 4 is 5.71 Å². The number of ether oxygens (including phenoxy) is 2. The minimum absolute atomic E-state index is 0.432. The summed E-state index contributed by atoms with van der Waals surface area (Å²) in [7, 11) is 3.42. The second kappa shape index (κ2) is 9.90. The van der Waals surface area contributed by atoms with Crippen LogP contribution >= 0.6 is 0 Å². The van der Waals surface area contributed by atoms with Crippen molar-refractivity contribution in [3.63, 3.8) is 0 Å². The number of piperidine rings is 1.